The van der Waals surface area contributed by atoms with Gasteiger partial charge in [0.1, 0.15) is 0 Å². The largest absolute Gasteiger partial charge is 0.204 e. The van der Waals surface area contributed by atoms with E-state index in [0.717, 1.165) is 23.8 Å². The normalized spacial score (nSPS) is 12.1. The Hall–Kier alpha value is -1.44. The van der Waals surface area contributed by atoms with Crippen molar-refractivity contribution >= 4 is 10.8 Å². The first-order chi connectivity index (χ1) is 8.37. The third-order valence-corrected chi connectivity index (χ3v) is 3.14. The smallest absolute Gasteiger partial charge is 0.166 e. The third-order valence-electron chi connectivity index (χ3n) is 3.14. The molecule has 0 saturated heterocycles. The molecule has 2 rings (SSSR count). The lowest BCUT2D eigenvalue weighted by molar-refractivity contribution is 0.378. The molecule has 0 saturated carbocycles. The number of fused-ring (bicyclic) bond motifs is 1. The molecular formula is C16H18F2. The van der Waals surface area contributed by atoms with Gasteiger partial charge in [0.05, 0.1) is 0 Å². The first kappa shape index (κ1) is 13.0. The molecule has 0 aliphatic heterocycles. The second-order valence-corrected chi connectivity index (χ2v) is 5.98. The van der Waals surface area contributed by atoms with Gasteiger partial charge in [0, 0.05) is 5.39 Å². The average Bonchev–Trinajstić information content (AvgIpc) is 2.31. The van der Waals surface area contributed by atoms with Crippen molar-refractivity contribution in [1.29, 1.82) is 0 Å². The molecule has 0 nitrogen and oxygen atoms in total. The van der Waals surface area contributed by atoms with E-state index in [1.54, 1.807) is 12.1 Å². The van der Waals surface area contributed by atoms with Gasteiger partial charge in [-0.25, -0.2) is 8.78 Å². The molecule has 0 heterocycles. The Morgan fingerprint density at radius 2 is 1.67 bits per heavy atom. The zero-order chi connectivity index (χ0) is 13.3. The minimum Gasteiger partial charge on any atom is -0.204 e. The second kappa shape index (κ2) is 4.68. The molecule has 18 heavy (non-hydrogen) atoms. The topological polar surface area (TPSA) is 0 Å². The van der Waals surface area contributed by atoms with Gasteiger partial charge in [0.15, 0.2) is 11.6 Å². The molecule has 0 N–H and O–H groups in total. The van der Waals surface area contributed by atoms with Crippen molar-refractivity contribution < 1.29 is 8.78 Å². The molecule has 0 fully saturated rings. The highest BCUT2D eigenvalue weighted by Gasteiger charge is 2.11. The maximum atomic E-state index is 13.7. The highest BCUT2D eigenvalue weighted by Crippen LogP contribution is 2.25. The molecule has 0 radical (unpaired) electrons. The van der Waals surface area contributed by atoms with Crippen LogP contribution in [0.2, 0.25) is 0 Å². The van der Waals surface area contributed by atoms with Crippen LogP contribution in [0.25, 0.3) is 10.8 Å². The van der Waals surface area contributed by atoms with E-state index < -0.39 is 11.6 Å². The molecule has 2 aromatic rings. The van der Waals surface area contributed by atoms with Crippen LogP contribution in [0.3, 0.4) is 0 Å². The standard InChI is InChI=1S/C16H18F2/c1-16(2,3)9-8-11-4-5-12-6-7-14(17)15(18)13(12)10-11/h4-7,10H,8-9H2,1-3H3. The molecule has 0 aliphatic carbocycles. The first-order valence-electron chi connectivity index (χ1n) is 6.23. The maximum absolute atomic E-state index is 13.7. The third kappa shape index (κ3) is 2.87. The average molecular weight is 248 g/mol. The highest BCUT2D eigenvalue weighted by molar-refractivity contribution is 5.83. The van der Waals surface area contributed by atoms with Crippen LogP contribution >= 0.6 is 0 Å². The van der Waals surface area contributed by atoms with Crippen LogP contribution in [0.4, 0.5) is 8.78 Å². The molecule has 0 atom stereocenters. The molecule has 2 heteroatoms. The van der Waals surface area contributed by atoms with Crippen LogP contribution in [0.15, 0.2) is 30.3 Å². The van der Waals surface area contributed by atoms with E-state index in [1.807, 2.05) is 12.1 Å². The highest BCUT2D eigenvalue weighted by atomic mass is 19.2. The van der Waals surface area contributed by atoms with Gasteiger partial charge in [-0.1, -0.05) is 39.0 Å². The fourth-order valence-electron chi connectivity index (χ4n) is 1.98. The lowest BCUT2D eigenvalue weighted by atomic mass is 9.88. The summed E-state index contributed by atoms with van der Waals surface area (Å²) in [5, 5.41) is 1.12. The number of aryl methyl sites for hydroxylation is 1. The molecule has 2 aromatic carbocycles. The number of rotatable bonds is 2. The van der Waals surface area contributed by atoms with E-state index in [4.69, 9.17) is 0 Å². The Kier molecular flexibility index (Phi) is 3.38. The molecule has 0 aliphatic rings. The SMILES string of the molecule is CC(C)(C)CCc1ccc2ccc(F)c(F)c2c1. The number of hydrogen-bond acceptors (Lipinski definition) is 0. The lowest BCUT2D eigenvalue weighted by Gasteiger charge is -2.17. The lowest BCUT2D eigenvalue weighted by Crippen LogP contribution is -2.06. The Morgan fingerprint density at radius 3 is 2.33 bits per heavy atom. The summed E-state index contributed by atoms with van der Waals surface area (Å²) in [6.45, 7) is 6.52. The second-order valence-electron chi connectivity index (χ2n) is 5.98. The molecule has 0 aromatic heterocycles. The Balaban J connectivity index is 2.35. The van der Waals surface area contributed by atoms with Gasteiger partial charge >= 0.3 is 0 Å². The molecule has 0 unspecified atom stereocenters. The van der Waals surface area contributed by atoms with Gasteiger partial charge < -0.3 is 0 Å². The van der Waals surface area contributed by atoms with E-state index in [-0.39, 0.29) is 5.41 Å². The van der Waals surface area contributed by atoms with E-state index in [2.05, 4.69) is 20.8 Å². The van der Waals surface area contributed by atoms with Crippen molar-refractivity contribution in [2.75, 3.05) is 0 Å². The molecule has 0 spiro atoms. The molecular weight excluding hydrogens is 230 g/mol. The monoisotopic (exact) mass is 248 g/mol. The van der Waals surface area contributed by atoms with Gasteiger partial charge in [-0.2, -0.15) is 0 Å². The summed E-state index contributed by atoms with van der Waals surface area (Å²) in [6.07, 6.45) is 1.91. The van der Waals surface area contributed by atoms with E-state index in [9.17, 15) is 8.78 Å². The fourth-order valence-corrected chi connectivity index (χ4v) is 1.98. The van der Waals surface area contributed by atoms with Crippen molar-refractivity contribution in [2.24, 2.45) is 5.41 Å². The molecule has 96 valence electrons. The Labute approximate surface area is 107 Å². The summed E-state index contributed by atoms with van der Waals surface area (Å²) in [5.41, 5.74) is 1.30. The van der Waals surface area contributed by atoms with Crippen LogP contribution in [0.1, 0.15) is 32.8 Å². The zero-order valence-corrected chi connectivity index (χ0v) is 11.1. The summed E-state index contributed by atoms with van der Waals surface area (Å²) >= 11 is 0. The van der Waals surface area contributed by atoms with Gasteiger partial charge in [0.2, 0.25) is 0 Å². The van der Waals surface area contributed by atoms with Gasteiger partial charge in [-0.05, 0) is 41.3 Å². The van der Waals surface area contributed by atoms with Gasteiger partial charge in [-0.3, -0.25) is 0 Å². The molecule has 0 amide bonds. The van der Waals surface area contributed by atoms with E-state index >= 15 is 0 Å². The predicted octanol–water partition coefficient (Wildman–Crippen LogP) is 5.10. The van der Waals surface area contributed by atoms with Crippen molar-refractivity contribution in [3.8, 4) is 0 Å². The van der Waals surface area contributed by atoms with Crippen LogP contribution in [-0.4, -0.2) is 0 Å². The Morgan fingerprint density at radius 1 is 1.00 bits per heavy atom. The summed E-state index contributed by atoms with van der Waals surface area (Å²) in [5.74, 6) is -1.53. The fraction of sp³-hybridized carbons (Fsp3) is 0.375. The van der Waals surface area contributed by atoms with Crippen molar-refractivity contribution in [3.05, 3.63) is 47.5 Å². The van der Waals surface area contributed by atoms with Crippen LogP contribution in [-0.2, 0) is 6.42 Å². The minimum atomic E-state index is -0.782. The number of benzene rings is 2. The van der Waals surface area contributed by atoms with E-state index in [1.165, 1.54) is 6.07 Å². The van der Waals surface area contributed by atoms with E-state index in [0.29, 0.717) is 5.39 Å². The summed E-state index contributed by atoms with van der Waals surface area (Å²) in [7, 11) is 0. The number of hydrogen-bond donors (Lipinski definition) is 0. The minimum absolute atomic E-state index is 0.245. The maximum Gasteiger partial charge on any atom is 0.166 e. The van der Waals surface area contributed by atoms with Crippen LogP contribution < -0.4 is 0 Å². The first-order valence-corrected chi connectivity index (χ1v) is 6.23. The van der Waals surface area contributed by atoms with Crippen molar-refractivity contribution in [2.45, 2.75) is 33.6 Å². The van der Waals surface area contributed by atoms with Crippen LogP contribution in [0, 0.1) is 17.0 Å². The van der Waals surface area contributed by atoms with Gasteiger partial charge in [0.25, 0.3) is 0 Å². The predicted molar refractivity (Wildman–Crippen MR) is 71.6 cm³/mol. The summed E-state index contributed by atoms with van der Waals surface area (Å²) in [6, 6.07) is 8.40. The zero-order valence-electron chi connectivity index (χ0n) is 11.1. The van der Waals surface area contributed by atoms with Crippen LogP contribution in [0.5, 0.6) is 0 Å². The number of halogens is 2. The Bertz CT molecular complexity index is 565. The van der Waals surface area contributed by atoms with Crippen molar-refractivity contribution in [3.63, 3.8) is 0 Å². The molecule has 0 bridgehead atoms. The van der Waals surface area contributed by atoms with Crippen molar-refractivity contribution in [1.82, 2.24) is 0 Å². The summed E-state index contributed by atoms with van der Waals surface area (Å²) < 4.78 is 26.9. The van der Waals surface area contributed by atoms with Gasteiger partial charge in [-0.15, -0.1) is 0 Å². The summed E-state index contributed by atoms with van der Waals surface area (Å²) in [4.78, 5) is 0. The quantitative estimate of drug-likeness (QED) is 0.693.